The molecule has 0 unspecified atom stereocenters. The van der Waals surface area contributed by atoms with Crippen LogP contribution in [-0.4, -0.2) is 34.9 Å². The summed E-state index contributed by atoms with van der Waals surface area (Å²) in [6.45, 7) is 8.14. The molecule has 0 rings (SSSR count). The van der Waals surface area contributed by atoms with Crippen LogP contribution in [0.4, 0.5) is 0 Å². The van der Waals surface area contributed by atoms with Gasteiger partial charge in [-0.2, -0.15) is 5.26 Å². The van der Waals surface area contributed by atoms with Gasteiger partial charge >= 0.3 is 5.97 Å². The number of esters is 1. The second-order valence-corrected chi connectivity index (χ2v) is 4.28. The van der Waals surface area contributed by atoms with E-state index < -0.39 is 4.30 Å². The summed E-state index contributed by atoms with van der Waals surface area (Å²) in [6, 6.07) is 1.75. The third-order valence-electron chi connectivity index (χ3n) is 0.348. The van der Waals surface area contributed by atoms with Crippen molar-refractivity contribution in [1.29, 1.82) is 5.26 Å². The van der Waals surface area contributed by atoms with Gasteiger partial charge < -0.3 is 14.6 Å². The average molecular weight is 339 g/mol. The normalized spacial score (nSPS) is 6.42. The van der Waals surface area contributed by atoms with Crippen LogP contribution in [0.25, 0.3) is 0 Å². The lowest BCUT2D eigenvalue weighted by Gasteiger charge is -1.89. The summed E-state index contributed by atoms with van der Waals surface area (Å²) in [6.07, 6.45) is 0. The molecule has 0 saturated carbocycles. The van der Waals surface area contributed by atoms with E-state index in [0.717, 1.165) is 7.11 Å². The Labute approximate surface area is 130 Å². The van der Waals surface area contributed by atoms with E-state index >= 15 is 0 Å². The van der Waals surface area contributed by atoms with Crippen LogP contribution in [0.5, 0.6) is 0 Å². The fourth-order valence-corrected chi connectivity index (χ4v) is 0.203. The summed E-state index contributed by atoms with van der Waals surface area (Å²) in [7, 11) is 1.00. The zero-order chi connectivity index (χ0) is 16.9. The van der Waals surface area contributed by atoms with E-state index in [1.807, 2.05) is 0 Å². The number of aliphatic hydroxyl groups is 1. The van der Waals surface area contributed by atoms with Crippen molar-refractivity contribution in [2.24, 2.45) is 0 Å². The first kappa shape index (κ1) is 31.1. The molecule has 0 amide bonds. The van der Waals surface area contributed by atoms with Gasteiger partial charge in [-0.1, -0.05) is 34.8 Å². The summed E-state index contributed by atoms with van der Waals surface area (Å²) in [5.74, 6) is -0.0440. The lowest BCUT2D eigenvalue weighted by molar-refractivity contribution is -0.140. The predicted octanol–water partition coefficient (Wildman–Crippen LogP) is 3.29. The number of ether oxygens (including phenoxy) is 1. The van der Waals surface area contributed by atoms with Gasteiger partial charge in [0.25, 0.3) is 0 Å². The smallest absolute Gasteiger partial charge is 0.302 e. The van der Waals surface area contributed by atoms with E-state index in [2.05, 4.69) is 4.74 Å². The first-order chi connectivity index (χ1) is 8.65. The standard InChI is InChI=1S/C4H8O2.C3H6O.C2H3N.CHCl3.CH4O/c1-3-6-4(2)5;1-3(2)4;1-2-3;2-1(3)4;1-2/h3H2,1-2H3;1-2H3;1H3;1H;2H,1H3. The van der Waals surface area contributed by atoms with E-state index in [9.17, 15) is 9.59 Å². The molecule has 5 nitrogen and oxygen atoms in total. The van der Waals surface area contributed by atoms with Gasteiger partial charge in [0.2, 0.25) is 0 Å². The first-order valence-electron chi connectivity index (χ1n) is 4.93. The minimum atomic E-state index is -0.750. The minimum absolute atomic E-state index is 0.167. The molecule has 0 heterocycles. The highest BCUT2D eigenvalue weighted by molar-refractivity contribution is 6.63. The Balaban J connectivity index is -0.0000000452. The van der Waals surface area contributed by atoms with Crippen molar-refractivity contribution >= 4 is 46.6 Å². The SMILES string of the molecule is CC#N.CC(C)=O.CCOC(C)=O.CO.ClC(Cl)Cl. The van der Waals surface area contributed by atoms with Crippen LogP contribution in [-0.2, 0) is 14.3 Å². The molecule has 19 heavy (non-hydrogen) atoms. The second kappa shape index (κ2) is 36.0. The number of carbonyl (C=O) groups is 2. The van der Waals surface area contributed by atoms with Gasteiger partial charge in [0.15, 0.2) is 4.30 Å². The number of aliphatic hydroxyl groups excluding tert-OH is 1. The number of hydrogen-bond donors (Lipinski definition) is 1. The van der Waals surface area contributed by atoms with Crippen molar-refractivity contribution in [2.45, 2.75) is 38.9 Å². The Morgan fingerprint density at radius 1 is 1.21 bits per heavy atom. The number of nitriles is 1. The fourth-order valence-electron chi connectivity index (χ4n) is 0.203. The maximum Gasteiger partial charge on any atom is 0.302 e. The third-order valence-corrected chi connectivity index (χ3v) is 0.348. The molecule has 0 bridgehead atoms. The number of halogens is 3. The molecular formula is C11H22Cl3NO4. The van der Waals surface area contributed by atoms with Gasteiger partial charge in [-0.3, -0.25) is 4.79 Å². The van der Waals surface area contributed by atoms with Crippen molar-refractivity contribution < 1.29 is 19.4 Å². The zero-order valence-electron chi connectivity index (χ0n) is 12.0. The van der Waals surface area contributed by atoms with Gasteiger partial charge in [-0.25, -0.2) is 0 Å². The van der Waals surface area contributed by atoms with E-state index in [-0.39, 0.29) is 11.8 Å². The minimum Gasteiger partial charge on any atom is -0.466 e. The molecule has 0 aromatic carbocycles. The molecule has 0 aromatic heterocycles. The highest BCUT2D eigenvalue weighted by Gasteiger charge is 1.81. The summed E-state index contributed by atoms with van der Waals surface area (Å²) in [5.41, 5.74) is 0. The lowest BCUT2D eigenvalue weighted by atomic mass is 10.6. The topological polar surface area (TPSA) is 87.4 Å². The average Bonchev–Trinajstić information content (AvgIpc) is 2.19. The van der Waals surface area contributed by atoms with Crippen molar-refractivity contribution in [2.75, 3.05) is 13.7 Å². The fraction of sp³-hybridized carbons (Fsp3) is 0.727. The van der Waals surface area contributed by atoms with E-state index in [1.165, 1.54) is 27.7 Å². The quantitative estimate of drug-likeness (QED) is 0.585. The maximum absolute atomic E-state index is 9.82. The molecule has 0 aromatic rings. The molecule has 0 aliphatic heterocycles. The Hall–Kier alpha value is -0.540. The molecule has 0 atom stereocenters. The van der Waals surface area contributed by atoms with Crippen LogP contribution < -0.4 is 0 Å². The Morgan fingerprint density at radius 2 is 1.37 bits per heavy atom. The highest BCUT2D eigenvalue weighted by atomic mass is 35.6. The molecule has 0 aliphatic carbocycles. The van der Waals surface area contributed by atoms with Crippen LogP contribution in [0.15, 0.2) is 0 Å². The molecule has 0 fully saturated rings. The number of nitrogens with zero attached hydrogens (tertiary/aromatic N) is 1. The Bertz CT molecular complexity index is 212. The third kappa shape index (κ3) is 690. The van der Waals surface area contributed by atoms with Crippen LogP contribution in [0.2, 0.25) is 0 Å². The maximum atomic E-state index is 9.82. The summed E-state index contributed by atoms with van der Waals surface area (Å²) >= 11 is 14.4. The molecule has 0 aliphatic rings. The zero-order valence-corrected chi connectivity index (χ0v) is 14.3. The molecule has 1 N–H and O–H groups in total. The van der Waals surface area contributed by atoms with E-state index in [1.54, 1.807) is 13.0 Å². The second-order valence-electron chi connectivity index (χ2n) is 2.30. The summed E-state index contributed by atoms with van der Waals surface area (Å²) < 4.78 is 3.65. The molecule has 8 heteroatoms. The van der Waals surface area contributed by atoms with Crippen LogP contribution in [0.1, 0.15) is 34.6 Å². The molecule has 116 valence electrons. The number of rotatable bonds is 1. The molecule has 0 saturated heterocycles. The van der Waals surface area contributed by atoms with E-state index in [0.29, 0.717) is 6.61 Å². The first-order valence-corrected chi connectivity index (χ1v) is 6.24. The number of hydrogen-bond acceptors (Lipinski definition) is 5. The molecular weight excluding hydrogens is 316 g/mol. The van der Waals surface area contributed by atoms with Crippen molar-refractivity contribution in [3.8, 4) is 6.07 Å². The van der Waals surface area contributed by atoms with Gasteiger partial charge in [0.1, 0.15) is 5.78 Å². The van der Waals surface area contributed by atoms with E-state index in [4.69, 9.17) is 45.2 Å². The monoisotopic (exact) mass is 337 g/mol. The lowest BCUT2D eigenvalue weighted by Crippen LogP contribution is -1.95. The van der Waals surface area contributed by atoms with Crippen molar-refractivity contribution in [1.82, 2.24) is 0 Å². The summed E-state index contributed by atoms with van der Waals surface area (Å²) in [5, 5.41) is 14.3. The highest BCUT2D eigenvalue weighted by Crippen LogP contribution is 2.03. The Kier molecular flexibility index (Phi) is 58.9. The van der Waals surface area contributed by atoms with Crippen LogP contribution in [0.3, 0.4) is 0 Å². The van der Waals surface area contributed by atoms with Crippen LogP contribution in [0, 0.1) is 11.3 Å². The largest absolute Gasteiger partial charge is 0.466 e. The van der Waals surface area contributed by atoms with Crippen LogP contribution >= 0.6 is 34.8 Å². The Morgan fingerprint density at radius 3 is 1.37 bits per heavy atom. The van der Waals surface area contributed by atoms with Gasteiger partial charge in [-0.05, 0) is 20.8 Å². The summed E-state index contributed by atoms with van der Waals surface area (Å²) in [4.78, 5) is 19.3. The van der Waals surface area contributed by atoms with Gasteiger partial charge in [0.05, 0.1) is 12.7 Å². The number of alkyl halides is 3. The van der Waals surface area contributed by atoms with Crippen molar-refractivity contribution in [3.63, 3.8) is 0 Å². The number of carbonyl (C=O) groups excluding carboxylic acids is 2. The molecule has 0 radical (unpaired) electrons. The number of ketones is 1. The van der Waals surface area contributed by atoms with Crippen molar-refractivity contribution in [3.05, 3.63) is 0 Å². The predicted molar refractivity (Wildman–Crippen MR) is 79.4 cm³/mol. The number of Topliss-reactive ketones (excluding diaryl/α,β-unsaturated/α-hetero) is 1. The van der Waals surface area contributed by atoms with Gasteiger partial charge in [-0.15, -0.1) is 0 Å². The van der Waals surface area contributed by atoms with Gasteiger partial charge in [0, 0.05) is 21.0 Å². The molecule has 0 spiro atoms.